The summed E-state index contributed by atoms with van der Waals surface area (Å²) in [5.41, 5.74) is 0.521. The van der Waals surface area contributed by atoms with Gasteiger partial charge in [0.2, 0.25) is 0 Å². The number of hydrogen-bond acceptors (Lipinski definition) is 16. The van der Waals surface area contributed by atoms with Crippen molar-refractivity contribution in [1.82, 2.24) is 0 Å². The molecule has 26 heteroatoms. The quantitative estimate of drug-likeness (QED) is 0.0774. The van der Waals surface area contributed by atoms with E-state index in [1.165, 1.54) is 24.3 Å². The summed E-state index contributed by atoms with van der Waals surface area (Å²) in [7, 11) is -20.1. The van der Waals surface area contributed by atoms with Crippen LogP contribution < -0.4 is 128 Å². The monoisotopic (exact) mass is 902 g/mol. The normalized spacial score (nSPS) is 12.1. The molecular weight excluding hydrogens is 885 g/mol. The molecule has 2 N–H and O–H groups in total. The van der Waals surface area contributed by atoms with Crippen LogP contribution in [0.5, 0.6) is 11.5 Å². The summed E-state index contributed by atoms with van der Waals surface area (Å²) in [4.78, 5) is -3.64. The van der Waals surface area contributed by atoms with Crippen LogP contribution in [0.3, 0.4) is 0 Å². The van der Waals surface area contributed by atoms with Gasteiger partial charge in [-0.3, -0.25) is 9.11 Å². The van der Waals surface area contributed by atoms with Gasteiger partial charge in [0.25, 0.3) is 20.2 Å². The molecule has 0 unspecified atom stereocenters. The zero-order chi connectivity index (χ0) is 39.4. The molecule has 58 heavy (non-hydrogen) atoms. The first-order chi connectivity index (χ1) is 25.1. The first kappa shape index (κ1) is 52.4. The van der Waals surface area contributed by atoms with Gasteiger partial charge in [-0.2, -0.15) is 37.3 Å². The maximum Gasteiger partial charge on any atom is 1.00 e. The molecule has 0 aliphatic carbocycles. The molecule has 0 saturated heterocycles. The molecule has 0 heterocycles. The van der Waals surface area contributed by atoms with Crippen LogP contribution in [0.15, 0.2) is 137 Å². The first-order valence-corrected chi connectivity index (χ1v) is 20.3. The molecule has 0 amide bonds. The van der Waals surface area contributed by atoms with E-state index in [0.717, 1.165) is 48.5 Å². The van der Waals surface area contributed by atoms with Gasteiger partial charge in [-0.15, -0.1) is 0 Å². The average molecular weight is 903 g/mol. The van der Waals surface area contributed by atoms with Crippen LogP contribution in [0.2, 0.25) is 0 Å². The number of rotatable bonds is 9. The smallest absolute Gasteiger partial charge is 0.870 e. The summed E-state index contributed by atoms with van der Waals surface area (Å²) in [5.74, 6) is -2.45. The molecule has 278 valence electrons. The van der Waals surface area contributed by atoms with Crippen LogP contribution in [0.25, 0.3) is 32.7 Å². The van der Waals surface area contributed by atoms with Crippen LogP contribution in [0.4, 0.5) is 22.7 Å². The Morgan fingerprint density at radius 3 is 1.02 bits per heavy atom. The minimum absolute atomic E-state index is 0. The van der Waals surface area contributed by atoms with Gasteiger partial charge in [0, 0.05) is 10.8 Å². The van der Waals surface area contributed by atoms with E-state index in [0.29, 0.717) is 11.1 Å². The van der Waals surface area contributed by atoms with Gasteiger partial charge in [-0.25, -0.2) is 16.8 Å². The minimum atomic E-state index is -5.09. The van der Waals surface area contributed by atoms with E-state index < -0.39 is 82.9 Å². The van der Waals surface area contributed by atoms with Crippen molar-refractivity contribution >= 4 is 84.8 Å². The van der Waals surface area contributed by atoms with Crippen molar-refractivity contribution < 1.29 is 180 Å². The molecule has 0 aromatic heterocycles. The van der Waals surface area contributed by atoms with Crippen LogP contribution in [0, 0.1) is 0 Å². The van der Waals surface area contributed by atoms with Crippen LogP contribution in [-0.4, -0.2) is 51.9 Å². The predicted molar refractivity (Wildman–Crippen MR) is 183 cm³/mol. The van der Waals surface area contributed by atoms with Crippen molar-refractivity contribution in [2.24, 2.45) is 20.5 Å². The molecule has 0 aliphatic heterocycles. The van der Waals surface area contributed by atoms with Gasteiger partial charge in [0.1, 0.15) is 20.2 Å². The van der Waals surface area contributed by atoms with E-state index in [1.807, 2.05) is 0 Å². The summed E-state index contributed by atoms with van der Waals surface area (Å²) in [6.45, 7) is 0. The summed E-state index contributed by atoms with van der Waals surface area (Å²) < 4.78 is 135. The van der Waals surface area contributed by atoms with Crippen molar-refractivity contribution in [1.29, 1.82) is 0 Å². The molecule has 18 nitrogen and oxygen atoms in total. The van der Waals surface area contributed by atoms with Gasteiger partial charge >= 0.3 is 118 Å². The van der Waals surface area contributed by atoms with Crippen LogP contribution >= 0.6 is 0 Å². The van der Waals surface area contributed by atoms with Crippen molar-refractivity contribution in [3.8, 4) is 22.6 Å². The standard InChI is InChI=1S/C32H22N4O14S4.4Na/c37-31-27(53(45,46)47)15-19-13-23(51(39,40)41)9-11-25(19)29(31)35-33-21-5-1-17(2-6-21)18-3-7-22(8-4-18)34-36-30-26-12-10-24(52(42,43)44)14-20(26)16-28(32(30)38)54(48,49)50;;;;/h1-16,37-38H,(H,39,40,41)(H,42,43,44)(H,45,46,47)(H,48,49,50);;;;/q;4*+1/p-4. The molecule has 0 aliphatic rings. The molecule has 0 saturated carbocycles. The third kappa shape index (κ3) is 11.8. The Hall–Kier alpha value is -1.72. The molecule has 6 aromatic rings. The summed E-state index contributed by atoms with van der Waals surface area (Å²) >= 11 is 0. The van der Waals surface area contributed by atoms with Gasteiger partial charge in [-0.05, 0) is 82.6 Å². The Balaban J connectivity index is 0.00000290. The molecular formula is C32H18N4Na4O14S4. The van der Waals surface area contributed by atoms with Crippen molar-refractivity contribution in [2.75, 3.05) is 0 Å². The number of benzene rings is 6. The SMILES string of the molecule is O=S(=O)([O-])c1ccc2c(N=Nc3ccc(-c4ccc(N=Nc5c([O-])c(S(=O)(=O)O)cc6cc(S(=O)(=O)[O-])ccc56)cc4)cc3)c([O-])c(S(=O)(=O)O)cc2c1.[Na+].[Na+].[Na+].[Na+]. The maximum atomic E-state index is 12.9. The van der Waals surface area contributed by atoms with Gasteiger partial charge < -0.3 is 19.3 Å². The maximum absolute atomic E-state index is 12.9. The molecule has 0 radical (unpaired) electrons. The van der Waals surface area contributed by atoms with Crippen LogP contribution in [0.1, 0.15) is 0 Å². The zero-order valence-corrected chi connectivity index (χ0v) is 41.7. The van der Waals surface area contributed by atoms with E-state index in [2.05, 4.69) is 20.5 Å². The fourth-order valence-electron chi connectivity index (χ4n) is 5.19. The summed E-state index contributed by atoms with van der Waals surface area (Å²) in [6, 6.07) is 19.4. The molecule has 6 aromatic carbocycles. The second-order valence-electron chi connectivity index (χ2n) is 11.2. The Morgan fingerprint density at radius 1 is 0.431 bits per heavy atom. The van der Waals surface area contributed by atoms with Crippen LogP contribution in [-0.2, 0) is 40.5 Å². The third-order valence-electron chi connectivity index (χ3n) is 7.74. The molecule has 0 fully saturated rings. The van der Waals surface area contributed by atoms with E-state index in [9.17, 15) is 62.1 Å². The average Bonchev–Trinajstić information content (AvgIpc) is 3.08. The van der Waals surface area contributed by atoms with E-state index in [-0.39, 0.29) is 151 Å². The number of fused-ring (bicyclic) bond motifs is 2. The second kappa shape index (κ2) is 20.0. The predicted octanol–water partition coefficient (Wildman–Crippen LogP) is -7.04. The molecule has 0 spiro atoms. The van der Waals surface area contributed by atoms with E-state index in [4.69, 9.17) is 0 Å². The largest absolute Gasteiger partial charge is 1.00 e. The fourth-order valence-corrected chi connectivity index (χ4v) is 7.42. The first-order valence-electron chi connectivity index (χ1n) is 14.6. The topological polar surface area (TPSA) is 319 Å². The van der Waals surface area contributed by atoms with Crippen molar-refractivity contribution in [3.05, 3.63) is 97.1 Å². The molecule has 0 bridgehead atoms. The van der Waals surface area contributed by atoms with Crippen molar-refractivity contribution in [3.63, 3.8) is 0 Å². The zero-order valence-electron chi connectivity index (χ0n) is 30.5. The summed E-state index contributed by atoms with van der Waals surface area (Å²) in [5, 5.41) is 41.1. The Labute approximate surface area is 419 Å². The van der Waals surface area contributed by atoms with Gasteiger partial charge in [0.05, 0.1) is 42.3 Å². The number of azo groups is 2. The van der Waals surface area contributed by atoms with Gasteiger partial charge in [-0.1, -0.05) is 47.9 Å². The fraction of sp³-hybridized carbons (Fsp3) is 0. The number of hydrogen-bond donors (Lipinski definition) is 2. The van der Waals surface area contributed by atoms with Gasteiger partial charge in [0.15, 0.2) is 0 Å². The Morgan fingerprint density at radius 2 is 0.741 bits per heavy atom. The third-order valence-corrected chi connectivity index (χ3v) is 11.1. The second-order valence-corrected chi connectivity index (χ2v) is 16.8. The van der Waals surface area contributed by atoms with Crippen molar-refractivity contribution in [2.45, 2.75) is 19.6 Å². The Bertz CT molecular complexity index is 2860. The minimum Gasteiger partial charge on any atom is -0.870 e. The Kier molecular flexibility index (Phi) is 18.1. The molecule has 0 atom stereocenters. The number of nitrogens with zero attached hydrogens (tertiary/aromatic N) is 4. The molecule has 6 rings (SSSR count). The van der Waals surface area contributed by atoms with E-state index >= 15 is 0 Å². The van der Waals surface area contributed by atoms with E-state index in [1.54, 1.807) is 24.3 Å². The summed E-state index contributed by atoms with van der Waals surface area (Å²) in [6.07, 6.45) is 0.